The number of anilines is 1. The lowest BCUT2D eigenvalue weighted by atomic mass is 10.2. The Morgan fingerprint density at radius 2 is 2.00 bits per heavy atom. The fourth-order valence-electron chi connectivity index (χ4n) is 1.84. The van der Waals surface area contributed by atoms with Crippen LogP contribution in [0.4, 0.5) is 14.5 Å². The Morgan fingerprint density at radius 1 is 1.25 bits per heavy atom. The first-order valence-corrected chi connectivity index (χ1v) is 8.16. The predicted molar refractivity (Wildman–Crippen MR) is 90.4 cm³/mol. The number of methoxy groups -OCH3 is 1. The summed E-state index contributed by atoms with van der Waals surface area (Å²) in [5, 5.41) is 3.18. The largest absolute Gasteiger partial charge is 0.493 e. The monoisotopic (exact) mass is 373 g/mol. The van der Waals surface area contributed by atoms with Crippen LogP contribution in [-0.4, -0.2) is 25.4 Å². The summed E-state index contributed by atoms with van der Waals surface area (Å²) in [5.74, 6) is -0.170. The lowest BCUT2D eigenvalue weighted by Crippen LogP contribution is -2.14. The van der Waals surface area contributed by atoms with E-state index in [1.165, 1.54) is 37.1 Å². The number of halogens is 3. The molecule has 128 valence electrons. The van der Waals surface area contributed by atoms with Crippen LogP contribution in [0.25, 0.3) is 0 Å². The number of nitrogens with one attached hydrogen (secondary N) is 1. The van der Waals surface area contributed by atoms with E-state index in [1.54, 1.807) is 12.1 Å². The van der Waals surface area contributed by atoms with E-state index in [9.17, 15) is 13.6 Å². The minimum absolute atomic E-state index is 0.126. The van der Waals surface area contributed by atoms with Crippen LogP contribution in [0.3, 0.4) is 0 Å². The Bertz CT molecular complexity index is 715. The fraction of sp³-hybridized carbons (Fsp3) is 0.188. The number of ether oxygens (including phenoxy) is 2. The molecule has 1 amide bonds. The number of carbonyl (C=O) groups is 1. The minimum Gasteiger partial charge on any atom is -0.493 e. The van der Waals surface area contributed by atoms with Gasteiger partial charge in [0.15, 0.2) is 11.5 Å². The maximum atomic E-state index is 12.4. The zero-order valence-corrected chi connectivity index (χ0v) is 14.2. The summed E-state index contributed by atoms with van der Waals surface area (Å²) in [6, 6.07) is 11.4. The van der Waals surface area contributed by atoms with Gasteiger partial charge in [0.25, 0.3) is 0 Å². The Labute approximate surface area is 147 Å². The Hall–Kier alpha value is -1.99. The molecule has 0 fully saturated rings. The molecule has 0 heterocycles. The molecule has 0 aliphatic carbocycles. The molecule has 0 aromatic heterocycles. The van der Waals surface area contributed by atoms with Crippen molar-refractivity contribution < 1.29 is 23.0 Å². The number of alkyl halides is 2. The van der Waals surface area contributed by atoms with Gasteiger partial charge in [0, 0.05) is 16.6 Å². The molecule has 0 saturated heterocycles. The van der Waals surface area contributed by atoms with E-state index in [-0.39, 0.29) is 23.2 Å². The van der Waals surface area contributed by atoms with Crippen molar-refractivity contribution in [3.63, 3.8) is 0 Å². The number of rotatable bonds is 7. The average Bonchev–Trinajstić information content (AvgIpc) is 2.54. The molecular weight excluding hydrogens is 360 g/mol. The van der Waals surface area contributed by atoms with Crippen molar-refractivity contribution in [2.45, 2.75) is 11.5 Å². The number of thioether (sulfide) groups is 1. The molecule has 0 atom stereocenters. The molecule has 0 spiro atoms. The first-order chi connectivity index (χ1) is 11.5. The zero-order chi connectivity index (χ0) is 17.5. The van der Waals surface area contributed by atoms with E-state index in [4.69, 9.17) is 16.3 Å². The SMILES string of the molecule is COc1ccc(NC(=O)CSc2ccccc2Cl)cc1OC(F)F. The summed E-state index contributed by atoms with van der Waals surface area (Å²) in [4.78, 5) is 12.8. The van der Waals surface area contributed by atoms with Crippen LogP contribution in [0.1, 0.15) is 0 Å². The normalized spacial score (nSPS) is 10.5. The van der Waals surface area contributed by atoms with Crippen LogP contribution >= 0.6 is 23.4 Å². The van der Waals surface area contributed by atoms with Crippen molar-refractivity contribution in [1.82, 2.24) is 0 Å². The highest BCUT2D eigenvalue weighted by atomic mass is 35.5. The highest BCUT2D eigenvalue weighted by molar-refractivity contribution is 8.00. The van der Waals surface area contributed by atoms with E-state index in [0.29, 0.717) is 10.7 Å². The summed E-state index contributed by atoms with van der Waals surface area (Å²) >= 11 is 7.29. The highest BCUT2D eigenvalue weighted by Crippen LogP contribution is 2.32. The van der Waals surface area contributed by atoms with E-state index in [0.717, 1.165) is 4.90 Å². The van der Waals surface area contributed by atoms with Gasteiger partial charge >= 0.3 is 6.61 Å². The summed E-state index contributed by atoms with van der Waals surface area (Å²) in [5.41, 5.74) is 0.330. The number of carbonyl (C=O) groups excluding carboxylic acids is 1. The van der Waals surface area contributed by atoms with Crippen molar-refractivity contribution in [2.75, 3.05) is 18.2 Å². The van der Waals surface area contributed by atoms with Crippen molar-refractivity contribution in [1.29, 1.82) is 0 Å². The minimum atomic E-state index is -2.99. The highest BCUT2D eigenvalue weighted by Gasteiger charge is 2.13. The third kappa shape index (κ3) is 5.28. The standard InChI is InChI=1S/C16H14ClF2NO3S/c1-22-12-7-6-10(8-13(12)23-16(18)19)20-15(21)9-24-14-5-3-2-4-11(14)17/h2-8,16H,9H2,1H3,(H,20,21). The second kappa shape index (κ2) is 8.75. The lowest BCUT2D eigenvalue weighted by molar-refractivity contribution is -0.113. The summed E-state index contributed by atoms with van der Waals surface area (Å²) < 4.78 is 34.1. The van der Waals surface area contributed by atoms with E-state index in [1.807, 2.05) is 12.1 Å². The molecule has 2 aromatic carbocycles. The summed E-state index contributed by atoms with van der Waals surface area (Å²) in [6.45, 7) is -2.99. The van der Waals surface area contributed by atoms with Crippen LogP contribution in [-0.2, 0) is 4.79 Å². The smallest absolute Gasteiger partial charge is 0.387 e. The predicted octanol–water partition coefficient (Wildman–Crippen LogP) is 4.68. The molecular formula is C16H14ClF2NO3S. The molecule has 2 rings (SSSR count). The topological polar surface area (TPSA) is 47.6 Å². The Kier molecular flexibility index (Phi) is 6.69. The van der Waals surface area contributed by atoms with Crippen LogP contribution in [0.2, 0.25) is 5.02 Å². The van der Waals surface area contributed by atoms with Crippen LogP contribution in [0.5, 0.6) is 11.5 Å². The van der Waals surface area contributed by atoms with Crippen molar-refractivity contribution in [2.24, 2.45) is 0 Å². The van der Waals surface area contributed by atoms with Gasteiger partial charge in [-0.2, -0.15) is 8.78 Å². The number of benzene rings is 2. The second-order valence-corrected chi connectivity index (χ2v) is 5.94. The molecule has 1 N–H and O–H groups in total. The first kappa shape index (κ1) is 18.4. The fourth-order valence-corrected chi connectivity index (χ4v) is 2.88. The van der Waals surface area contributed by atoms with Gasteiger partial charge in [-0.15, -0.1) is 11.8 Å². The van der Waals surface area contributed by atoms with Crippen molar-refractivity contribution >= 4 is 35.0 Å². The van der Waals surface area contributed by atoms with Crippen LogP contribution in [0.15, 0.2) is 47.4 Å². The molecule has 0 aliphatic heterocycles. The van der Waals surface area contributed by atoms with Gasteiger partial charge in [0.05, 0.1) is 17.9 Å². The summed E-state index contributed by atoms with van der Waals surface area (Å²) in [7, 11) is 1.34. The van der Waals surface area contributed by atoms with Gasteiger partial charge in [-0.05, 0) is 24.3 Å². The summed E-state index contributed by atoms with van der Waals surface area (Å²) in [6.07, 6.45) is 0. The maximum Gasteiger partial charge on any atom is 0.387 e. The maximum absolute atomic E-state index is 12.4. The van der Waals surface area contributed by atoms with Gasteiger partial charge in [-0.1, -0.05) is 23.7 Å². The van der Waals surface area contributed by atoms with E-state index < -0.39 is 6.61 Å². The van der Waals surface area contributed by atoms with Gasteiger partial charge in [0.1, 0.15) is 0 Å². The first-order valence-electron chi connectivity index (χ1n) is 6.79. The van der Waals surface area contributed by atoms with E-state index >= 15 is 0 Å². The molecule has 0 unspecified atom stereocenters. The molecule has 0 radical (unpaired) electrons. The average molecular weight is 374 g/mol. The molecule has 0 saturated carbocycles. The number of amides is 1. The van der Waals surface area contributed by atoms with Gasteiger partial charge in [-0.25, -0.2) is 0 Å². The van der Waals surface area contributed by atoms with Crippen molar-refractivity contribution in [3.8, 4) is 11.5 Å². The van der Waals surface area contributed by atoms with Crippen LogP contribution in [0, 0.1) is 0 Å². The number of hydrogen-bond acceptors (Lipinski definition) is 4. The third-order valence-electron chi connectivity index (χ3n) is 2.86. The quantitative estimate of drug-likeness (QED) is 0.716. The van der Waals surface area contributed by atoms with Crippen LogP contribution < -0.4 is 14.8 Å². The zero-order valence-electron chi connectivity index (χ0n) is 12.6. The molecule has 0 aliphatic rings. The lowest BCUT2D eigenvalue weighted by Gasteiger charge is -2.12. The molecule has 2 aromatic rings. The molecule has 0 bridgehead atoms. The molecule has 8 heteroatoms. The molecule has 24 heavy (non-hydrogen) atoms. The Balaban J connectivity index is 1.99. The van der Waals surface area contributed by atoms with Crippen molar-refractivity contribution in [3.05, 3.63) is 47.5 Å². The molecule has 4 nitrogen and oxygen atoms in total. The van der Waals surface area contributed by atoms with Gasteiger partial charge in [-0.3, -0.25) is 4.79 Å². The Morgan fingerprint density at radius 3 is 2.67 bits per heavy atom. The van der Waals surface area contributed by atoms with Gasteiger partial charge in [0.2, 0.25) is 5.91 Å². The van der Waals surface area contributed by atoms with E-state index in [2.05, 4.69) is 10.1 Å². The van der Waals surface area contributed by atoms with Gasteiger partial charge < -0.3 is 14.8 Å². The number of hydrogen-bond donors (Lipinski definition) is 1. The second-order valence-electron chi connectivity index (χ2n) is 4.51. The third-order valence-corrected chi connectivity index (χ3v) is 4.37.